The van der Waals surface area contributed by atoms with Crippen LogP contribution in [0, 0.1) is 0 Å². The number of nitrogens with one attached hydrogen (secondary N) is 2. The summed E-state index contributed by atoms with van der Waals surface area (Å²) in [4.78, 5) is 25.1. The Morgan fingerprint density at radius 1 is 0.680 bits per heavy atom. The smallest absolute Gasteiger partial charge is 0.275 e. The van der Waals surface area contributed by atoms with Gasteiger partial charge in [0, 0.05) is 18.7 Å². The van der Waals surface area contributed by atoms with E-state index >= 15 is 0 Å². The van der Waals surface area contributed by atoms with Gasteiger partial charge in [0.15, 0.2) is 13.1 Å². The molecule has 0 aliphatic rings. The van der Waals surface area contributed by atoms with Crippen molar-refractivity contribution in [3.8, 4) is 22.6 Å². The van der Waals surface area contributed by atoms with Gasteiger partial charge in [-0.1, -0.05) is 76.7 Å². The molecule has 0 atom stereocenters. The number of rotatable bonds is 27. The molecule has 0 aliphatic heterocycles. The number of nitrogens with zero attached hydrogens (tertiary/aromatic N) is 2. The van der Waals surface area contributed by atoms with Crippen molar-refractivity contribution >= 4 is 11.8 Å². The number of allylic oxidation sites excluding steroid dienone is 2. The summed E-state index contributed by atoms with van der Waals surface area (Å²) in [7, 11) is 8.27. The van der Waals surface area contributed by atoms with E-state index in [0.717, 1.165) is 78.9 Å². The lowest BCUT2D eigenvalue weighted by molar-refractivity contribution is -0.882. The highest BCUT2D eigenvalue weighted by molar-refractivity contribution is 5.77. The maximum atomic E-state index is 12.6. The number of hydrogen-bond acceptors (Lipinski definition) is 4. The average Bonchev–Trinajstić information content (AvgIpc) is 3.05. The van der Waals surface area contributed by atoms with Gasteiger partial charge in [0.1, 0.15) is 37.8 Å². The lowest BCUT2D eigenvalue weighted by Gasteiger charge is -2.29. The van der Waals surface area contributed by atoms with Crippen LogP contribution in [-0.2, 0) is 22.4 Å². The first-order valence-corrected chi connectivity index (χ1v) is 18.8. The zero-order valence-corrected chi connectivity index (χ0v) is 32.3. The van der Waals surface area contributed by atoms with Crippen LogP contribution in [-0.4, -0.2) is 101 Å². The number of carbonyl (C=O) groups excluding carboxylic acids is 2. The molecule has 2 N–H and O–H groups in total. The number of ether oxygens (including phenoxy) is 2. The minimum absolute atomic E-state index is 0.0826. The molecule has 8 nitrogen and oxygen atoms in total. The van der Waals surface area contributed by atoms with Gasteiger partial charge in [-0.25, -0.2) is 0 Å². The van der Waals surface area contributed by atoms with E-state index in [2.05, 4.69) is 90.1 Å². The van der Waals surface area contributed by atoms with Crippen LogP contribution in [0.25, 0.3) is 11.1 Å². The van der Waals surface area contributed by atoms with Crippen LogP contribution in [0.15, 0.2) is 61.7 Å². The summed E-state index contributed by atoms with van der Waals surface area (Å²) < 4.78 is 13.8. The van der Waals surface area contributed by atoms with Crippen LogP contribution in [0.4, 0.5) is 0 Å². The van der Waals surface area contributed by atoms with Gasteiger partial charge in [-0.2, -0.15) is 0 Å². The Morgan fingerprint density at radius 2 is 1.20 bits per heavy atom. The Bertz CT molecular complexity index is 1340. The molecule has 2 rings (SSSR count). The molecule has 2 aromatic rings. The van der Waals surface area contributed by atoms with E-state index in [4.69, 9.17) is 9.47 Å². The Balaban J connectivity index is 2.08. The van der Waals surface area contributed by atoms with E-state index in [1.165, 1.54) is 25.7 Å². The summed E-state index contributed by atoms with van der Waals surface area (Å²) in [6.45, 7) is 17.0. The highest BCUT2D eigenvalue weighted by Gasteiger charge is 2.22. The number of amides is 2. The van der Waals surface area contributed by atoms with Gasteiger partial charge in [-0.05, 0) is 66.6 Å². The van der Waals surface area contributed by atoms with Crippen molar-refractivity contribution in [1.29, 1.82) is 0 Å². The number of carbonyl (C=O) groups is 2. The molecule has 0 fully saturated rings. The van der Waals surface area contributed by atoms with Crippen molar-refractivity contribution < 1.29 is 28.0 Å². The minimum atomic E-state index is 0.0826. The number of unbranched alkanes of at least 4 members (excludes halogenated alkanes) is 6. The molecule has 0 unspecified atom stereocenters. The van der Waals surface area contributed by atoms with Crippen LogP contribution < -0.4 is 20.1 Å². The van der Waals surface area contributed by atoms with Gasteiger partial charge in [0.05, 0.1) is 28.2 Å². The number of likely N-dealkylation sites (N-methyl/N-ethyl adjacent to an activating group) is 2. The fourth-order valence-corrected chi connectivity index (χ4v) is 5.84. The molecule has 0 spiro atoms. The van der Waals surface area contributed by atoms with E-state index < -0.39 is 0 Å². The lowest BCUT2D eigenvalue weighted by Crippen LogP contribution is -2.49. The van der Waals surface area contributed by atoms with Crippen molar-refractivity contribution in [3.05, 3.63) is 72.8 Å². The molecule has 0 aliphatic carbocycles. The van der Waals surface area contributed by atoms with Crippen LogP contribution in [0.1, 0.15) is 76.3 Å². The molecule has 0 saturated heterocycles. The Labute approximate surface area is 304 Å². The summed E-state index contributed by atoms with van der Waals surface area (Å²) in [5.41, 5.74) is 4.25. The highest BCUT2D eigenvalue weighted by atomic mass is 16.5. The van der Waals surface area contributed by atoms with Gasteiger partial charge in [-0.15, -0.1) is 13.2 Å². The van der Waals surface area contributed by atoms with E-state index in [9.17, 15) is 9.59 Å². The van der Waals surface area contributed by atoms with Gasteiger partial charge in [0.2, 0.25) is 0 Å². The van der Waals surface area contributed by atoms with Crippen molar-refractivity contribution in [2.75, 3.05) is 80.7 Å². The second-order valence-corrected chi connectivity index (χ2v) is 14.8. The van der Waals surface area contributed by atoms with Crippen molar-refractivity contribution in [2.45, 2.75) is 78.1 Å². The maximum absolute atomic E-state index is 12.6. The quantitative estimate of drug-likeness (QED) is 0.0595. The second kappa shape index (κ2) is 23.0. The Hall–Kier alpha value is -3.62. The van der Waals surface area contributed by atoms with Crippen molar-refractivity contribution in [1.82, 2.24) is 10.6 Å². The molecular weight excluding hydrogens is 624 g/mol. The van der Waals surface area contributed by atoms with Crippen molar-refractivity contribution in [2.24, 2.45) is 0 Å². The number of quaternary nitrogens is 2. The lowest BCUT2D eigenvalue weighted by atomic mass is 9.97. The molecule has 8 heteroatoms. The van der Waals surface area contributed by atoms with E-state index in [1.54, 1.807) is 0 Å². The SMILES string of the molecule is C=CCc1ccc(OCC[N+](C)(C)CC(=O)NCCCCCC)c(-c2ccc(OCC[N+](C)(C)CC(=O)NCCCCCC)c(CC=C)c2)c1. The van der Waals surface area contributed by atoms with Crippen LogP contribution in [0.5, 0.6) is 11.5 Å². The molecule has 0 saturated carbocycles. The van der Waals surface area contributed by atoms with Gasteiger partial charge in [0.25, 0.3) is 11.8 Å². The Kier molecular flexibility index (Phi) is 19.5. The first-order chi connectivity index (χ1) is 23.9. The molecule has 2 amide bonds. The molecule has 0 heterocycles. The number of hydrogen-bond donors (Lipinski definition) is 2. The second-order valence-electron chi connectivity index (χ2n) is 14.8. The standard InChI is InChI=1S/C42H66N4O4/c1-9-13-15-17-25-43-41(47)33-45(5,6)27-29-49-39-24-22-36(32-37(39)20-12-4)38-31-35(19-11-3)21-23-40(38)50-30-28-46(7,8)34-42(48)44-26-18-16-14-10-2/h11-12,21-24,31-32H,3-4,9-10,13-20,25-30,33-34H2,1-2,5-8H3/p+2. The summed E-state index contributed by atoms with van der Waals surface area (Å²) in [6.07, 6.45) is 14.4. The molecule has 278 valence electrons. The average molecular weight is 693 g/mol. The van der Waals surface area contributed by atoms with Crippen molar-refractivity contribution in [3.63, 3.8) is 0 Å². The van der Waals surface area contributed by atoms with Gasteiger partial charge < -0.3 is 29.1 Å². The summed E-state index contributed by atoms with van der Waals surface area (Å²) in [5, 5.41) is 6.15. The van der Waals surface area contributed by atoms with Gasteiger partial charge in [-0.3, -0.25) is 9.59 Å². The molecular formula is C42H68N4O4+2. The summed E-state index contributed by atoms with van der Waals surface area (Å²) in [5.74, 6) is 1.79. The first-order valence-electron chi connectivity index (χ1n) is 18.8. The minimum Gasteiger partial charge on any atom is -0.487 e. The molecule has 0 radical (unpaired) electrons. The third-order valence-electron chi connectivity index (χ3n) is 8.92. The number of benzene rings is 2. The normalized spacial score (nSPS) is 11.6. The van der Waals surface area contributed by atoms with Crippen LogP contribution in [0.3, 0.4) is 0 Å². The van der Waals surface area contributed by atoms with E-state index in [1.807, 2.05) is 24.3 Å². The molecule has 50 heavy (non-hydrogen) atoms. The monoisotopic (exact) mass is 693 g/mol. The Morgan fingerprint density at radius 3 is 1.72 bits per heavy atom. The maximum Gasteiger partial charge on any atom is 0.275 e. The zero-order chi connectivity index (χ0) is 36.8. The fourth-order valence-electron chi connectivity index (χ4n) is 5.84. The zero-order valence-electron chi connectivity index (χ0n) is 32.3. The third kappa shape index (κ3) is 16.9. The van der Waals surface area contributed by atoms with Crippen LogP contribution in [0.2, 0.25) is 0 Å². The predicted octanol–water partition coefficient (Wildman–Crippen LogP) is 7.11. The topological polar surface area (TPSA) is 76.7 Å². The van der Waals surface area contributed by atoms with Crippen LogP contribution >= 0.6 is 0 Å². The summed E-state index contributed by atoms with van der Waals surface area (Å²) in [6, 6.07) is 12.6. The third-order valence-corrected chi connectivity index (χ3v) is 8.92. The van der Waals surface area contributed by atoms with E-state index in [-0.39, 0.29) is 11.8 Å². The summed E-state index contributed by atoms with van der Waals surface area (Å²) >= 11 is 0. The molecule has 0 aromatic heterocycles. The van der Waals surface area contributed by atoms with E-state index in [0.29, 0.717) is 54.8 Å². The molecule has 2 aromatic carbocycles. The molecule has 0 bridgehead atoms. The first kappa shape index (κ1) is 42.5. The highest BCUT2D eigenvalue weighted by Crippen LogP contribution is 2.35. The predicted molar refractivity (Wildman–Crippen MR) is 209 cm³/mol. The van der Waals surface area contributed by atoms with Gasteiger partial charge >= 0.3 is 0 Å². The fraction of sp³-hybridized carbons (Fsp3) is 0.571. The largest absolute Gasteiger partial charge is 0.487 e.